The Labute approximate surface area is 156 Å². The molecule has 0 unspecified atom stereocenters. The van der Waals surface area contributed by atoms with Crippen LogP contribution in [0.2, 0.25) is 0 Å². The SMILES string of the molecule is CCN(CC)S(=O)(=O)N1CCN(Cn2[nH]c(C(C)(C)C)nc2=S)CC1. The van der Waals surface area contributed by atoms with Crippen molar-refractivity contribution in [1.29, 1.82) is 0 Å². The molecule has 144 valence electrons. The molecular formula is C15H30N6O2S2. The lowest BCUT2D eigenvalue weighted by Gasteiger charge is -2.36. The predicted molar refractivity (Wildman–Crippen MR) is 101 cm³/mol. The molecule has 2 heterocycles. The third kappa shape index (κ3) is 4.68. The molecule has 0 spiro atoms. The third-order valence-corrected chi connectivity index (χ3v) is 6.92. The van der Waals surface area contributed by atoms with Crippen LogP contribution >= 0.6 is 12.2 Å². The monoisotopic (exact) mass is 390 g/mol. The lowest BCUT2D eigenvalue weighted by Crippen LogP contribution is -2.53. The van der Waals surface area contributed by atoms with Gasteiger partial charge in [0.2, 0.25) is 4.77 Å². The molecule has 0 aliphatic carbocycles. The fourth-order valence-electron chi connectivity index (χ4n) is 2.80. The van der Waals surface area contributed by atoms with Gasteiger partial charge in [-0.1, -0.05) is 34.6 Å². The highest BCUT2D eigenvalue weighted by Crippen LogP contribution is 2.18. The third-order valence-electron chi connectivity index (χ3n) is 4.42. The Hall–Kier alpha value is -0.810. The van der Waals surface area contributed by atoms with Crippen LogP contribution in [-0.4, -0.2) is 76.0 Å². The molecule has 0 aromatic carbocycles. The number of aromatic amines is 1. The number of piperazine rings is 1. The predicted octanol–water partition coefficient (Wildman–Crippen LogP) is 1.40. The molecule has 8 nitrogen and oxygen atoms in total. The second kappa shape index (κ2) is 7.83. The molecule has 0 bridgehead atoms. The van der Waals surface area contributed by atoms with Crippen molar-refractivity contribution in [1.82, 2.24) is 28.3 Å². The molecule has 1 aliphatic rings. The van der Waals surface area contributed by atoms with Gasteiger partial charge in [-0.05, 0) is 12.2 Å². The summed E-state index contributed by atoms with van der Waals surface area (Å²) < 4.78 is 30.6. The number of hydrogen-bond donors (Lipinski definition) is 1. The Kier molecular flexibility index (Phi) is 6.42. The Morgan fingerprint density at radius 3 is 2.16 bits per heavy atom. The second-order valence-electron chi connectivity index (χ2n) is 7.28. The van der Waals surface area contributed by atoms with E-state index in [0.717, 1.165) is 5.82 Å². The van der Waals surface area contributed by atoms with Crippen molar-refractivity contribution in [3.8, 4) is 0 Å². The largest absolute Gasteiger partial charge is 0.282 e. The maximum atomic E-state index is 12.6. The van der Waals surface area contributed by atoms with Crippen LogP contribution in [0.1, 0.15) is 40.4 Å². The fraction of sp³-hybridized carbons (Fsp3) is 0.867. The number of nitrogens with zero attached hydrogens (tertiary/aromatic N) is 5. The van der Waals surface area contributed by atoms with E-state index >= 15 is 0 Å². The maximum absolute atomic E-state index is 12.6. The van der Waals surface area contributed by atoms with Gasteiger partial charge in [0.05, 0.1) is 6.67 Å². The summed E-state index contributed by atoms with van der Waals surface area (Å²) in [5.74, 6) is 0.861. The van der Waals surface area contributed by atoms with E-state index in [9.17, 15) is 8.42 Å². The highest BCUT2D eigenvalue weighted by atomic mass is 32.2. The molecule has 0 saturated carbocycles. The molecular weight excluding hydrogens is 360 g/mol. The Morgan fingerprint density at radius 2 is 1.72 bits per heavy atom. The van der Waals surface area contributed by atoms with Crippen LogP contribution in [0.3, 0.4) is 0 Å². The average Bonchev–Trinajstić information content (AvgIpc) is 2.90. The van der Waals surface area contributed by atoms with Crippen LogP contribution in [0.15, 0.2) is 0 Å². The molecule has 1 saturated heterocycles. The van der Waals surface area contributed by atoms with Gasteiger partial charge in [-0.3, -0.25) is 10.00 Å². The van der Waals surface area contributed by atoms with E-state index < -0.39 is 10.2 Å². The molecule has 1 N–H and O–H groups in total. The highest BCUT2D eigenvalue weighted by molar-refractivity contribution is 7.86. The first-order chi connectivity index (χ1) is 11.6. The van der Waals surface area contributed by atoms with E-state index in [-0.39, 0.29) is 5.41 Å². The van der Waals surface area contributed by atoms with Crippen molar-refractivity contribution >= 4 is 22.4 Å². The van der Waals surface area contributed by atoms with Gasteiger partial charge in [0.15, 0.2) is 0 Å². The summed E-state index contributed by atoms with van der Waals surface area (Å²) in [7, 11) is -3.35. The number of H-pyrrole nitrogens is 1. The summed E-state index contributed by atoms with van der Waals surface area (Å²) in [4.78, 5) is 6.62. The molecule has 1 aromatic rings. The first-order valence-corrected chi connectivity index (χ1v) is 10.5. The van der Waals surface area contributed by atoms with Gasteiger partial charge in [0.1, 0.15) is 5.82 Å². The quantitative estimate of drug-likeness (QED) is 0.743. The van der Waals surface area contributed by atoms with Crippen molar-refractivity contribution in [2.45, 2.75) is 46.7 Å². The van der Waals surface area contributed by atoms with Crippen LogP contribution < -0.4 is 0 Å². The van der Waals surface area contributed by atoms with E-state index in [4.69, 9.17) is 12.2 Å². The Balaban J connectivity index is 2.00. The van der Waals surface area contributed by atoms with Crippen molar-refractivity contribution in [2.24, 2.45) is 0 Å². The highest BCUT2D eigenvalue weighted by Gasteiger charge is 2.31. The summed E-state index contributed by atoms with van der Waals surface area (Å²) in [5, 5.41) is 3.27. The van der Waals surface area contributed by atoms with Crippen LogP contribution in [-0.2, 0) is 22.3 Å². The van der Waals surface area contributed by atoms with Crippen LogP contribution in [0.25, 0.3) is 0 Å². The summed E-state index contributed by atoms with van der Waals surface area (Å²) in [6.45, 7) is 13.9. The van der Waals surface area contributed by atoms with Gasteiger partial charge < -0.3 is 0 Å². The maximum Gasteiger partial charge on any atom is 0.282 e. The minimum atomic E-state index is -3.35. The van der Waals surface area contributed by atoms with Gasteiger partial charge in [-0.15, -0.1) is 0 Å². The first-order valence-electron chi connectivity index (χ1n) is 8.74. The molecule has 1 fully saturated rings. The topological polar surface area (TPSA) is 77.5 Å². The van der Waals surface area contributed by atoms with Gasteiger partial charge in [-0.25, -0.2) is 9.67 Å². The minimum absolute atomic E-state index is 0.0879. The Morgan fingerprint density at radius 1 is 1.16 bits per heavy atom. The van der Waals surface area contributed by atoms with Gasteiger partial charge in [-0.2, -0.15) is 17.0 Å². The zero-order chi connectivity index (χ0) is 18.8. The lowest BCUT2D eigenvalue weighted by molar-refractivity contribution is 0.140. The molecule has 1 aliphatic heterocycles. The Bertz CT molecular complexity index is 722. The zero-order valence-corrected chi connectivity index (χ0v) is 17.5. The fourth-order valence-corrected chi connectivity index (χ4v) is 4.60. The number of nitrogens with one attached hydrogen (secondary N) is 1. The van der Waals surface area contributed by atoms with E-state index in [1.54, 1.807) is 4.31 Å². The minimum Gasteiger partial charge on any atom is -0.282 e. The van der Waals surface area contributed by atoms with E-state index in [0.29, 0.717) is 50.7 Å². The van der Waals surface area contributed by atoms with Crippen LogP contribution in [0.4, 0.5) is 0 Å². The van der Waals surface area contributed by atoms with E-state index in [2.05, 4.69) is 35.8 Å². The lowest BCUT2D eigenvalue weighted by atomic mass is 9.96. The molecule has 0 radical (unpaired) electrons. The van der Waals surface area contributed by atoms with E-state index in [1.807, 2.05) is 18.5 Å². The second-order valence-corrected chi connectivity index (χ2v) is 9.58. The average molecular weight is 391 g/mol. The molecule has 2 rings (SSSR count). The van der Waals surface area contributed by atoms with Gasteiger partial charge >= 0.3 is 0 Å². The number of aromatic nitrogens is 3. The molecule has 0 amide bonds. The van der Waals surface area contributed by atoms with Gasteiger partial charge in [0.25, 0.3) is 10.2 Å². The number of rotatable bonds is 6. The van der Waals surface area contributed by atoms with Crippen LogP contribution in [0, 0.1) is 4.77 Å². The van der Waals surface area contributed by atoms with Crippen molar-refractivity contribution in [2.75, 3.05) is 39.3 Å². The summed E-state index contributed by atoms with van der Waals surface area (Å²) in [6.07, 6.45) is 0. The van der Waals surface area contributed by atoms with Crippen molar-refractivity contribution in [3.63, 3.8) is 0 Å². The van der Waals surface area contributed by atoms with Crippen molar-refractivity contribution < 1.29 is 8.42 Å². The van der Waals surface area contributed by atoms with E-state index in [1.165, 1.54) is 4.31 Å². The molecule has 1 aromatic heterocycles. The molecule has 25 heavy (non-hydrogen) atoms. The normalized spacial score (nSPS) is 18.2. The smallest absolute Gasteiger partial charge is 0.282 e. The van der Waals surface area contributed by atoms with Gasteiger partial charge in [0, 0.05) is 44.7 Å². The standard InChI is InChI=1S/C15H30N6O2S2/c1-6-19(7-2)25(22,23)20-10-8-18(9-11-20)12-21-14(24)16-13(17-21)15(3,4)5/h6-12H2,1-5H3,(H,16,17,24). The number of hydrogen-bond acceptors (Lipinski definition) is 5. The van der Waals surface area contributed by atoms with Crippen molar-refractivity contribution in [3.05, 3.63) is 10.6 Å². The summed E-state index contributed by atoms with van der Waals surface area (Å²) in [5.41, 5.74) is -0.0879. The molecule has 0 atom stereocenters. The van der Waals surface area contributed by atoms with Crippen LogP contribution in [0.5, 0.6) is 0 Å². The zero-order valence-electron chi connectivity index (χ0n) is 15.8. The first kappa shape index (κ1) is 20.5. The molecule has 10 heteroatoms. The summed E-state index contributed by atoms with van der Waals surface area (Å²) in [6, 6.07) is 0. The summed E-state index contributed by atoms with van der Waals surface area (Å²) >= 11 is 5.34.